The van der Waals surface area contributed by atoms with E-state index in [-0.39, 0.29) is 29.9 Å². The van der Waals surface area contributed by atoms with E-state index >= 15 is 0 Å². The fraction of sp³-hybridized carbons (Fsp3) is 0.632. The summed E-state index contributed by atoms with van der Waals surface area (Å²) in [4.78, 5) is 14.2. The molecular formula is C19H29FN2O2. The predicted octanol–water partition coefficient (Wildman–Crippen LogP) is 3.34. The Morgan fingerprint density at radius 3 is 2.71 bits per heavy atom. The number of aryl methyl sites for hydroxylation is 1. The van der Waals surface area contributed by atoms with E-state index in [0.717, 1.165) is 37.7 Å². The molecule has 2 rings (SSSR count). The van der Waals surface area contributed by atoms with Gasteiger partial charge in [-0.15, -0.1) is 0 Å². The fourth-order valence-corrected chi connectivity index (χ4v) is 3.26. The average Bonchev–Trinajstić information content (AvgIpc) is 2.60. The van der Waals surface area contributed by atoms with Crippen LogP contribution in [0.4, 0.5) is 9.18 Å². The molecule has 0 aromatic heterocycles. The van der Waals surface area contributed by atoms with E-state index in [4.69, 9.17) is 0 Å². The van der Waals surface area contributed by atoms with Gasteiger partial charge in [-0.05, 0) is 62.1 Å². The lowest BCUT2D eigenvalue weighted by molar-refractivity contribution is 0.0515. The van der Waals surface area contributed by atoms with Gasteiger partial charge in [0.05, 0.1) is 0 Å². The molecule has 4 nitrogen and oxygen atoms in total. The van der Waals surface area contributed by atoms with Crippen molar-refractivity contribution < 1.29 is 14.3 Å². The molecule has 0 aliphatic carbocycles. The highest BCUT2D eigenvalue weighted by atomic mass is 19.1. The van der Waals surface area contributed by atoms with Gasteiger partial charge in [0.2, 0.25) is 0 Å². The lowest BCUT2D eigenvalue weighted by atomic mass is 9.77. The number of aliphatic hydroxyl groups excluding tert-OH is 1. The zero-order valence-electron chi connectivity index (χ0n) is 14.7. The quantitative estimate of drug-likeness (QED) is 0.837. The zero-order chi connectivity index (χ0) is 17.6. The van der Waals surface area contributed by atoms with E-state index in [0.29, 0.717) is 13.1 Å². The summed E-state index contributed by atoms with van der Waals surface area (Å²) in [5.41, 5.74) is 0.935. The molecule has 1 atom stereocenters. The first-order valence-electron chi connectivity index (χ1n) is 8.89. The van der Waals surface area contributed by atoms with Crippen LogP contribution >= 0.6 is 0 Å². The molecule has 0 radical (unpaired) electrons. The highest BCUT2D eigenvalue weighted by molar-refractivity contribution is 5.74. The van der Waals surface area contributed by atoms with Crippen LogP contribution in [0.3, 0.4) is 0 Å². The van der Waals surface area contributed by atoms with E-state index < -0.39 is 0 Å². The number of carbonyl (C=O) groups excluding carboxylic acids is 1. The van der Waals surface area contributed by atoms with Crippen LogP contribution < -0.4 is 5.32 Å². The molecule has 0 unspecified atom stereocenters. The number of urea groups is 1. The number of hydrogen-bond acceptors (Lipinski definition) is 2. The first kappa shape index (κ1) is 18.7. The number of rotatable bonds is 6. The van der Waals surface area contributed by atoms with Crippen molar-refractivity contribution >= 4 is 6.03 Å². The summed E-state index contributed by atoms with van der Waals surface area (Å²) in [6, 6.07) is 6.59. The maximum atomic E-state index is 13.2. The summed E-state index contributed by atoms with van der Waals surface area (Å²) in [5, 5.41) is 12.6. The van der Waals surface area contributed by atoms with Gasteiger partial charge in [0.1, 0.15) is 5.82 Å². The number of aliphatic hydroxyl groups is 1. The van der Waals surface area contributed by atoms with Gasteiger partial charge in [0.15, 0.2) is 0 Å². The minimum atomic E-state index is -0.221. The number of benzene rings is 1. The molecule has 24 heavy (non-hydrogen) atoms. The number of halogens is 1. The largest absolute Gasteiger partial charge is 0.396 e. The Morgan fingerprint density at radius 1 is 1.42 bits per heavy atom. The minimum Gasteiger partial charge on any atom is -0.396 e. The second kappa shape index (κ2) is 8.47. The first-order chi connectivity index (χ1) is 11.5. The highest BCUT2D eigenvalue weighted by Gasteiger charge is 2.34. The molecule has 1 saturated heterocycles. The normalized spacial score (nSPS) is 18.2. The molecule has 1 heterocycles. The smallest absolute Gasteiger partial charge is 0.317 e. The van der Waals surface area contributed by atoms with Crippen molar-refractivity contribution in [3.05, 3.63) is 35.6 Å². The van der Waals surface area contributed by atoms with Crippen LogP contribution in [-0.4, -0.2) is 41.8 Å². The SMILES string of the molecule is CCC1(CO)CCN(C(=O)N[C@@H](C)CCc2cccc(F)c2)CC1. The Bertz CT molecular complexity index is 536. The summed E-state index contributed by atoms with van der Waals surface area (Å²) in [5.74, 6) is -0.221. The van der Waals surface area contributed by atoms with E-state index in [1.165, 1.54) is 6.07 Å². The summed E-state index contributed by atoms with van der Waals surface area (Å²) in [7, 11) is 0. The van der Waals surface area contributed by atoms with Gasteiger partial charge in [-0.3, -0.25) is 0 Å². The van der Waals surface area contributed by atoms with Gasteiger partial charge in [-0.2, -0.15) is 0 Å². The van der Waals surface area contributed by atoms with E-state index in [2.05, 4.69) is 12.2 Å². The van der Waals surface area contributed by atoms with Crippen molar-refractivity contribution in [2.45, 2.75) is 52.0 Å². The van der Waals surface area contributed by atoms with Crippen molar-refractivity contribution in [2.24, 2.45) is 5.41 Å². The Balaban J connectivity index is 1.76. The van der Waals surface area contributed by atoms with Gasteiger partial charge in [0.25, 0.3) is 0 Å². The zero-order valence-corrected chi connectivity index (χ0v) is 14.7. The maximum absolute atomic E-state index is 13.2. The van der Waals surface area contributed by atoms with Crippen LogP contribution in [0.2, 0.25) is 0 Å². The monoisotopic (exact) mass is 336 g/mol. The molecule has 1 aromatic rings. The predicted molar refractivity (Wildman–Crippen MR) is 93.3 cm³/mol. The number of amides is 2. The number of likely N-dealkylation sites (tertiary alicyclic amines) is 1. The third-order valence-corrected chi connectivity index (χ3v) is 5.32. The van der Waals surface area contributed by atoms with Crippen molar-refractivity contribution in [1.29, 1.82) is 0 Å². The Morgan fingerprint density at radius 2 is 2.12 bits per heavy atom. The lowest BCUT2D eigenvalue weighted by Gasteiger charge is -2.40. The Labute approximate surface area is 144 Å². The number of piperidine rings is 1. The third kappa shape index (κ3) is 4.94. The van der Waals surface area contributed by atoms with Crippen LogP contribution in [0.25, 0.3) is 0 Å². The molecule has 0 saturated carbocycles. The molecule has 134 valence electrons. The second-order valence-electron chi connectivity index (χ2n) is 7.02. The maximum Gasteiger partial charge on any atom is 0.317 e. The molecule has 2 N–H and O–H groups in total. The van der Waals surface area contributed by atoms with Crippen LogP contribution in [0.15, 0.2) is 24.3 Å². The van der Waals surface area contributed by atoms with Crippen LogP contribution in [0.1, 0.15) is 45.1 Å². The first-order valence-corrected chi connectivity index (χ1v) is 8.89. The molecule has 1 fully saturated rings. The molecule has 1 aliphatic rings. The van der Waals surface area contributed by atoms with Gasteiger partial charge in [0, 0.05) is 25.7 Å². The Kier molecular flexibility index (Phi) is 6.60. The number of nitrogens with one attached hydrogen (secondary N) is 1. The molecule has 0 bridgehead atoms. The van der Waals surface area contributed by atoms with Crippen molar-refractivity contribution in [1.82, 2.24) is 10.2 Å². The summed E-state index contributed by atoms with van der Waals surface area (Å²) < 4.78 is 13.2. The average molecular weight is 336 g/mol. The highest BCUT2D eigenvalue weighted by Crippen LogP contribution is 2.34. The molecule has 2 amide bonds. The Hall–Kier alpha value is -1.62. The molecule has 5 heteroatoms. The number of hydrogen-bond donors (Lipinski definition) is 2. The summed E-state index contributed by atoms with van der Waals surface area (Å²) >= 11 is 0. The summed E-state index contributed by atoms with van der Waals surface area (Å²) in [6.45, 7) is 5.66. The standard InChI is InChI=1S/C19H29FN2O2/c1-3-19(14-23)9-11-22(12-10-19)18(24)21-15(2)7-8-16-5-4-6-17(20)13-16/h4-6,13,15,23H,3,7-12,14H2,1-2H3,(H,21,24)/t15-/m0/s1. The van der Waals surface area contributed by atoms with Crippen molar-refractivity contribution in [2.75, 3.05) is 19.7 Å². The van der Waals surface area contributed by atoms with E-state index in [9.17, 15) is 14.3 Å². The number of nitrogens with zero attached hydrogens (tertiary/aromatic N) is 1. The third-order valence-electron chi connectivity index (χ3n) is 5.32. The van der Waals surface area contributed by atoms with E-state index in [1.54, 1.807) is 12.1 Å². The van der Waals surface area contributed by atoms with Gasteiger partial charge in [-0.1, -0.05) is 19.1 Å². The second-order valence-corrected chi connectivity index (χ2v) is 7.02. The lowest BCUT2D eigenvalue weighted by Crippen LogP contribution is -2.50. The fourth-order valence-electron chi connectivity index (χ4n) is 3.26. The summed E-state index contributed by atoms with van der Waals surface area (Å²) in [6.07, 6.45) is 4.17. The molecular weight excluding hydrogens is 307 g/mol. The van der Waals surface area contributed by atoms with Gasteiger partial charge in [-0.25, -0.2) is 9.18 Å². The van der Waals surface area contributed by atoms with E-state index in [1.807, 2.05) is 17.9 Å². The topological polar surface area (TPSA) is 52.6 Å². The molecule has 1 aromatic carbocycles. The van der Waals surface area contributed by atoms with Crippen LogP contribution in [-0.2, 0) is 6.42 Å². The minimum absolute atomic E-state index is 0.0141. The van der Waals surface area contributed by atoms with Crippen LogP contribution in [0, 0.1) is 11.2 Å². The van der Waals surface area contributed by atoms with Crippen molar-refractivity contribution in [3.63, 3.8) is 0 Å². The number of carbonyl (C=O) groups is 1. The van der Waals surface area contributed by atoms with Crippen LogP contribution in [0.5, 0.6) is 0 Å². The molecule has 1 aliphatic heterocycles. The molecule has 0 spiro atoms. The van der Waals surface area contributed by atoms with Gasteiger partial charge < -0.3 is 15.3 Å². The van der Waals surface area contributed by atoms with Crippen molar-refractivity contribution in [3.8, 4) is 0 Å². The van der Waals surface area contributed by atoms with Gasteiger partial charge >= 0.3 is 6.03 Å².